The van der Waals surface area contributed by atoms with Crippen LogP contribution in [0.25, 0.3) is 0 Å². The van der Waals surface area contributed by atoms with Crippen molar-refractivity contribution in [1.29, 1.82) is 0 Å². The normalized spacial score (nSPS) is 10.3. The fraction of sp³-hybridized carbons (Fsp3) is 0.381. The number of hydrogen-bond donors (Lipinski definition) is 1. The third-order valence-corrected chi connectivity index (χ3v) is 3.90. The summed E-state index contributed by atoms with van der Waals surface area (Å²) in [5.74, 6) is 0.244. The number of anilines is 1. The lowest BCUT2D eigenvalue weighted by Gasteiger charge is -2.21. The Morgan fingerprint density at radius 1 is 0.963 bits per heavy atom. The summed E-state index contributed by atoms with van der Waals surface area (Å²) in [4.78, 5) is 31.2. The predicted octanol–water partition coefficient (Wildman–Crippen LogP) is 3.99. The summed E-state index contributed by atoms with van der Waals surface area (Å²) in [7, 11) is 0. The molecule has 2 rings (SSSR count). The van der Waals surface area contributed by atoms with Crippen molar-refractivity contribution in [2.45, 2.75) is 33.6 Å². The van der Waals surface area contributed by atoms with Crippen LogP contribution in [-0.4, -0.2) is 41.4 Å². The Labute approximate surface area is 160 Å². The molecule has 1 N–H and O–H groups in total. The maximum absolute atomic E-state index is 12.7. The highest BCUT2D eigenvalue weighted by molar-refractivity contribution is 6.03. The van der Waals surface area contributed by atoms with Crippen LogP contribution >= 0.6 is 0 Å². The molecule has 0 aliphatic rings. The van der Waals surface area contributed by atoms with E-state index >= 15 is 0 Å². The third kappa shape index (κ3) is 5.81. The standard InChI is InChI=1S/C21H27N3O3/c1-4-14-24(15-5-2)21(26)19-9-7-8-18(23-19)20(25)22-16-10-12-17(13-11-16)27-6-3/h7-13H,4-6,14-15H2,1-3H3,(H,22,25). The second kappa shape index (κ2) is 10.3. The summed E-state index contributed by atoms with van der Waals surface area (Å²) in [6.45, 7) is 7.92. The number of carbonyl (C=O) groups is 2. The Balaban J connectivity index is 2.11. The van der Waals surface area contributed by atoms with Gasteiger partial charge in [0.1, 0.15) is 17.1 Å². The summed E-state index contributed by atoms with van der Waals surface area (Å²) in [6.07, 6.45) is 1.76. The van der Waals surface area contributed by atoms with E-state index in [0.29, 0.717) is 25.4 Å². The van der Waals surface area contributed by atoms with Crippen molar-refractivity contribution >= 4 is 17.5 Å². The second-order valence-corrected chi connectivity index (χ2v) is 6.11. The monoisotopic (exact) mass is 369 g/mol. The fourth-order valence-corrected chi connectivity index (χ4v) is 2.69. The van der Waals surface area contributed by atoms with Crippen LogP contribution in [0.2, 0.25) is 0 Å². The van der Waals surface area contributed by atoms with Crippen molar-refractivity contribution in [3.8, 4) is 5.75 Å². The Hall–Kier alpha value is -2.89. The second-order valence-electron chi connectivity index (χ2n) is 6.11. The molecule has 144 valence electrons. The van der Waals surface area contributed by atoms with Crippen LogP contribution in [0.4, 0.5) is 5.69 Å². The number of nitrogens with one attached hydrogen (secondary N) is 1. The molecule has 0 unspecified atom stereocenters. The molecule has 1 aromatic heterocycles. The molecule has 0 saturated heterocycles. The molecule has 0 atom stereocenters. The van der Waals surface area contributed by atoms with E-state index in [1.165, 1.54) is 0 Å². The minimum Gasteiger partial charge on any atom is -0.494 e. The van der Waals surface area contributed by atoms with Gasteiger partial charge in [0.25, 0.3) is 11.8 Å². The molecule has 2 aromatic rings. The molecule has 0 aliphatic carbocycles. The van der Waals surface area contributed by atoms with Crippen molar-refractivity contribution < 1.29 is 14.3 Å². The lowest BCUT2D eigenvalue weighted by molar-refractivity contribution is 0.0749. The van der Waals surface area contributed by atoms with Crippen molar-refractivity contribution in [2.75, 3.05) is 25.0 Å². The van der Waals surface area contributed by atoms with Crippen LogP contribution in [0.1, 0.15) is 54.6 Å². The molecule has 1 heterocycles. The van der Waals surface area contributed by atoms with Gasteiger partial charge in [0, 0.05) is 18.8 Å². The van der Waals surface area contributed by atoms with E-state index in [0.717, 1.165) is 18.6 Å². The van der Waals surface area contributed by atoms with Gasteiger partial charge in [-0.15, -0.1) is 0 Å². The molecule has 6 heteroatoms. The summed E-state index contributed by atoms with van der Waals surface area (Å²) in [5.41, 5.74) is 1.14. The fourth-order valence-electron chi connectivity index (χ4n) is 2.69. The van der Waals surface area contributed by atoms with Crippen LogP contribution in [0.3, 0.4) is 0 Å². The molecule has 0 radical (unpaired) electrons. The minimum absolute atomic E-state index is 0.144. The van der Waals surface area contributed by atoms with Crippen LogP contribution in [-0.2, 0) is 0 Å². The van der Waals surface area contributed by atoms with Gasteiger partial charge in [0.15, 0.2) is 0 Å². The van der Waals surface area contributed by atoms with Crippen LogP contribution in [0, 0.1) is 0 Å². The highest BCUT2D eigenvalue weighted by Gasteiger charge is 2.17. The molecule has 0 saturated carbocycles. The number of amides is 2. The van der Waals surface area contributed by atoms with Gasteiger partial charge in [0.2, 0.25) is 0 Å². The van der Waals surface area contributed by atoms with Gasteiger partial charge >= 0.3 is 0 Å². The van der Waals surface area contributed by atoms with Gasteiger partial charge in [0.05, 0.1) is 6.61 Å². The van der Waals surface area contributed by atoms with Gasteiger partial charge in [-0.05, 0) is 56.2 Å². The first-order valence-electron chi connectivity index (χ1n) is 9.39. The molecule has 6 nitrogen and oxygen atoms in total. The van der Waals surface area contributed by atoms with Crippen molar-refractivity contribution in [1.82, 2.24) is 9.88 Å². The lowest BCUT2D eigenvalue weighted by Crippen LogP contribution is -2.33. The van der Waals surface area contributed by atoms with E-state index < -0.39 is 0 Å². The smallest absolute Gasteiger partial charge is 0.274 e. The quantitative estimate of drug-likeness (QED) is 0.725. The molecule has 0 bridgehead atoms. The summed E-state index contributed by atoms with van der Waals surface area (Å²) in [5, 5.41) is 2.79. The van der Waals surface area contributed by atoms with Crippen LogP contribution in [0.5, 0.6) is 5.75 Å². The summed E-state index contributed by atoms with van der Waals surface area (Å²) < 4.78 is 5.39. The van der Waals surface area contributed by atoms with Crippen molar-refractivity contribution in [3.63, 3.8) is 0 Å². The molecule has 2 amide bonds. The highest BCUT2D eigenvalue weighted by Crippen LogP contribution is 2.16. The zero-order valence-electron chi connectivity index (χ0n) is 16.2. The highest BCUT2D eigenvalue weighted by atomic mass is 16.5. The molecule has 0 spiro atoms. The topological polar surface area (TPSA) is 71.5 Å². The maximum atomic E-state index is 12.7. The van der Waals surface area contributed by atoms with Gasteiger partial charge < -0.3 is 15.0 Å². The van der Waals surface area contributed by atoms with E-state index in [1.54, 1.807) is 47.4 Å². The average Bonchev–Trinajstić information content (AvgIpc) is 2.69. The first-order chi connectivity index (χ1) is 13.1. The molecular formula is C21H27N3O3. The summed E-state index contributed by atoms with van der Waals surface area (Å²) >= 11 is 0. The van der Waals surface area contributed by atoms with Gasteiger partial charge in [-0.3, -0.25) is 9.59 Å². The number of nitrogens with zero attached hydrogens (tertiary/aromatic N) is 2. The molecule has 0 fully saturated rings. The number of benzene rings is 1. The van der Waals surface area contributed by atoms with Crippen LogP contribution in [0.15, 0.2) is 42.5 Å². The number of aromatic nitrogens is 1. The predicted molar refractivity (Wildman–Crippen MR) is 106 cm³/mol. The Morgan fingerprint density at radius 3 is 2.19 bits per heavy atom. The first kappa shape index (κ1) is 20.4. The number of hydrogen-bond acceptors (Lipinski definition) is 4. The zero-order valence-corrected chi connectivity index (χ0v) is 16.2. The number of rotatable bonds is 9. The van der Waals surface area contributed by atoms with E-state index in [-0.39, 0.29) is 23.2 Å². The minimum atomic E-state index is -0.355. The Morgan fingerprint density at radius 2 is 1.59 bits per heavy atom. The van der Waals surface area contributed by atoms with E-state index in [2.05, 4.69) is 10.3 Å². The largest absolute Gasteiger partial charge is 0.494 e. The average molecular weight is 369 g/mol. The number of carbonyl (C=O) groups excluding carboxylic acids is 2. The maximum Gasteiger partial charge on any atom is 0.274 e. The van der Waals surface area contributed by atoms with Gasteiger partial charge in [-0.1, -0.05) is 19.9 Å². The van der Waals surface area contributed by atoms with E-state index in [9.17, 15) is 9.59 Å². The van der Waals surface area contributed by atoms with E-state index in [4.69, 9.17) is 4.74 Å². The molecule has 27 heavy (non-hydrogen) atoms. The van der Waals surface area contributed by atoms with Crippen LogP contribution < -0.4 is 10.1 Å². The molecule has 1 aromatic carbocycles. The summed E-state index contributed by atoms with van der Waals surface area (Å²) in [6, 6.07) is 12.0. The molecule has 0 aliphatic heterocycles. The first-order valence-corrected chi connectivity index (χ1v) is 9.39. The SMILES string of the molecule is CCCN(CCC)C(=O)c1cccc(C(=O)Nc2ccc(OCC)cc2)n1. The lowest BCUT2D eigenvalue weighted by atomic mass is 10.2. The molecular weight excluding hydrogens is 342 g/mol. The van der Waals surface area contributed by atoms with Crippen molar-refractivity contribution in [3.05, 3.63) is 53.9 Å². The van der Waals surface area contributed by atoms with Gasteiger partial charge in [-0.2, -0.15) is 0 Å². The third-order valence-electron chi connectivity index (χ3n) is 3.90. The Bertz CT molecular complexity index is 754. The zero-order chi connectivity index (χ0) is 19.6. The van der Waals surface area contributed by atoms with Crippen molar-refractivity contribution in [2.24, 2.45) is 0 Å². The van der Waals surface area contributed by atoms with E-state index in [1.807, 2.05) is 20.8 Å². The van der Waals surface area contributed by atoms with Gasteiger partial charge in [-0.25, -0.2) is 4.98 Å². The Kier molecular flexibility index (Phi) is 7.79. The number of pyridine rings is 1. The number of ether oxygens (including phenoxy) is 1.